The normalized spacial score (nSPS) is 24.0. The summed E-state index contributed by atoms with van der Waals surface area (Å²) in [6.07, 6.45) is 2.96. The maximum Gasteiger partial charge on any atom is 0.243 e. The van der Waals surface area contributed by atoms with E-state index in [9.17, 15) is 8.42 Å². The van der Waals surface area contributed by atoms with Gasteiger partial charge >= 0.3 is 0 Å². The standard InChI is InChI=1S/C13H19BrN2O2S/c1-16(13-4-2-3-10(13)9-15)19(17,18)12-7-5-11(14)6-8-12/h5-8,10,13H,2-4,9,15H2,1H3. The maximum atomic E-state index is 12.6. The Morgan fingerprint density at radius 1 is 1.32 bits per heavy atom. The second-order valence-corrected chi connectivity index (χ2v) is 7.88. The van der Waals surface area contributed by atoms with Crippen molar-refractivity contribution in [1.82, 2.24) is 4.31 Å². The lowest BCUT2D eigenvalue weighted by molar-refractivity contribution is 0.304. The van der Waals surface area contributed by atoms with Crippen LogP contribution in [-0.2, 0) is 10.0 Å². The van der Waals surface area contributed by atoms with Crippen molar-refractivity contribution < 1.29 is 8.42 Å². The molecule has 2 unspecified atom stereocenters. The molecule has 1 aliphatic carbocycles. The second-order valence-electron chi connectivity index (χ2n) is 4.97. The van der Waals surface area contributed by atoms with Gasteiger partial charge in [-0.25, -0.2) is 8.42 Å². The largest absolute Gasteiger partial charge is 0.330 e. The Morgan fingerprint density at radius 2 is 1.95 bits per heavy atom. The zero-order valence-corrected chi connectivity index (χ0v) is 13.3. The molecule has 0 bridgehead atoms. The minimum absolute atomic E-state index is 0.0265. The quantitative estimate of drug-likeness (QED) is 0.908. The average molecular weight is 347 g/mol. The van der Waals surface area contributed by atoms with Gasteiger partial charge in [-0.3, -0.25) is 0 Å². The molecule has 0 aromatic heterocycles. The summed E-state index contributed by atoms with van der Waals surface area (Å²) in [7, 11) is -1.76. The predicted octanol–water partition coefficient (Wildman–Crippen LogP) is 2.20. The van der Waals surface area contributed by atoms with Crippen molar-refractivity contribution in [3.05, 3.63) is 28.7 Å². The lowest BCUT2D eigenvalue weighted by Gasteiger charge is -2.28. The molecule has 1 fully saturated rings. The molecule has 0 aliphatic heterocycles. The first-order valence-electron chi connectivity index (χ1n) is 6.40. The highest BCUT2D eigenvalue weighted by Gasteiger charge is 2.35. The minimum Gasteiger partial charge on any atom is -0.330 e. The highest BCUT2D eigenvalue weighted by Crippen LogP contribution is 2.31. The van der Waals surface area contributed by atoms with Crippen molar-refractivity contribution in [2.75, 3.05) is 13.6 Å². The topological polar surface area (TPSA) is 63.4 Å². The fourth-order valence-electron chi connectivity index (χ4n) is 2.72. The summed E-state index contributed by atoms with van der Waals surface area (Å²) in [4.78, 5) is 0.334. The van der Waals surface area contributed by atoms with Crippen LogP contribution in [0.15, 0.2) is 33.6 Å². The van der Waals surface area contributed by atoms with Gasteiger partial charge in [0, 0.05) is 17.6 Å². The highest BCUT2D eigenvalue weighted by molar-refractivity contribution is 9.10. The van der Waals surface area contributed by atoms with Crippen molar-refractivity contribution in [3.63, 3.8) is 0 Å². The minimum atomic E-state index is -3.43. The van der Waals surface area contributed by atoms with Gasteiger partial charge in [-0.15, -0.1) is 0 Å². The Morgan fingerprint density at radius 3 is 2.53 bits per heavy atom. The van der Waals surface area contributed by atoms with E-state index in [1.165, 1.54) is 4.31 Å². The summed E-state index contributed by atoms with van der Waals surface area (Å²) in [5.41, 5.74) is 5.74. The molecule has 0 spiro atoms. The predicted molar refractivity (Wildman–Crippen MR) is 79.3 cm³/mol. The molecule has 0 saturated heterocycles. The second kappa shape index (κ2) is 5.91. The van der Waals surface area contributed by atoms with Crippen LogP contribution in [-0.4, -0.2) is 32.4 Å². The van der Waals surface area contributed by atoms with E-state index in [2.05, 4.69) is 15.9 Å². The molecule has 1 aliphatic rings. The van der Waals surface area contributed by atoms with E-state index < -0.39 is 10.0 Å². The van der Waals surface area contributed by atoms with Gasteiger partial charge in [0.25, 0.3) is 0 Å². The van der Waals surface area contributed by atoms with E-state index in [0.717, 1.165) is 23.7 Å². The van der Waals surface area contributed by atoms with Gasteiger partial charge in [0.1, 0.15) is 0 Å². The average Bonchev–Trinajstić information content (AvgIpc) is 2.86. The van der Waals surface area contributed by atoms with Gasteiger partial charge in [0.2, 0.25) is 10.0 Å². The third kappa shape index (κ3) is 3.02. The van der Waals surface area contributed by atoms with Crippen LogP contribution in [0.4, 0.5) is 0 Å². The highest BCUT2D eigenvalue weighted by atomic mass is 79.9. The number of benzene rings is 1. The number of nitrogens with two attached hydrogens (primary N) is 1. The van der Waals surface area contributed by atoms with Crippen molar-refractivity contribution in [2.24, 2.45) is 11.7 Å². The molecule has 2 N–H and O–H groups in total. The van der Waals surface area contributed by atoms with Crippen LogP contribution >= 0.6 is 15.9 Å². The van der Waals surface area contributed by atoms with E-state index in [-0.39, 0.29) is 12.0 Å². The lowest BCUT2D eigenvalue weighted by Crippen LogP contribution is -2.41. The molecule has 1 aromatic carbocycles. The molecule has 2 atom stereocenters. The third-order valence-electron chi connectivity index (χ3n) is 3.88. The van der Waals surface area contributed by atoms with Crippen molar-refractivity contribution in [2.45, 2.75) is 30.2 Å². The first-order chi connectivity index (χ1) is 8.96. The molecule has 2 rings (SSSR count). The van der Waals surface area contributed by atoms with Crippen LogP contribution in [0, 0.1) is 5.92 Å². The van der Waals surface area contributed by atoms with E-state index in [0.29, 0.717) is 11.4 Å². The maximum absolute atomic E-state index is 12.6. The fraction of sp³-hybridized carbons (Fsp3) is 0.538. The number of hydrogen-bond acceptors (Lipinski definition) is 3. The van der Waals surface area contributed by atoms with Crippen LogP contribution in [0.2, 0.25) is 0 Å². The Labute approximate surface area is 123 Å². The number of hydrogen-bond donors (Lipinski definition) is 1. The molecule has 0 amide bonds. The van der Waals surface area contributed by atoms with Crippen molar-refractivity contribution >= 4 is 26.0 Å². The van der Waals surface area contributed by atoms with Gasteiger partial charge in [0.05, 0.1) is 4.90 Å². The monoisotopic (exact) mass is 346 g/mol. The molecule has 0 heterocycles. The molecular formula is C13H19BrN2O2S. The molecular weight excluding hydrogens is 328 g/mol. The first-order valence-corrected chi connectivity index (χ1v) is 8.64. The number of rotatable bonds is 4. The summed E-state index contributed by atoms with van der Waals surface area (Å²) in [6.45, 7) is 0.546. The summed E-state index contributed by atoms with van der Waals surface area (Å²) >= 11 is 3.31. The molecule has 4 nitrogen and oxygen atoms in total. The molecule has 106 valence electrons. The van der Waals surface area contributed by atoms with Gasteiger partial charge in [-0.2, -0.15) is 4.31 Å². The van der Waals surface area contributed by atoms with E-state index in [1.807, 2.05) is 0 Å². The molecule has 6 heteroatoms. The Balaban J connectivity index is 2.26. The summed E-state index contributed by atoms with van der Waals surface area (Å²) in [5.74, 6) is 0.273. The zero-order valence-electron chi connectivity index (χ0n) is 10.9. The van der Waals surface area contributed by atoms with Gasteiger partial charge < -0.3 is 5.73 Å². The molecule has 19 heavy (non-hydrogen) atoms. The van der Waals surface area contributed by atoms with Crippen LogP contribution in [0.5, 0.6) is 0 Å². The first kappa shape index (κ1) is 15.0. The fourth-order valence-corrected chi connectivity index (χ4v) is 4.43. The molecule has 1 saturated carbocycles. The summed E-state index contributed by atoms with van der Waals surface area (Å²) in [5, 5.41) is 0. The van der Waals surface area contributed by atoms with Crippen LogP contribution in [0.1, 0.15) is 19.3 Å². The SMILES string of the molecule is CN(C1CCCC1CN)S(=O)(=O)c1ccc(Br)cc1. The van der Waals surface area contributed by atoms with Crippen LogP contribution in [0.25, 0.3) is 0 Å². The molecule has 0 radical (unpaired) electrons. The summed E-state index contributed by atoms with van der Waals surface area (Å²) < 4.78 is 27.5. The van der Waals surface area contributed by atoms with Crippen molar-refractivity contribution in [1.29, 1.82) is 0 Å². The van der Waals surface area contributed by atoms with Gasteiger partial charge in [-0.1, -0.05) is 22.4 Å². The summed E-state index contributed by atoms with van der Waals surface area (Å²) in [6, 6.07) is 6.77. The molecule has 1 aromatic rings. The van der Waals surface area contributed by atoms with Gasteiger partial charge in [-0.05, 0) is 49.6 Å². The Kier molecular flexibility index (Phi) is 4.66. The number of halogens is 1. The van der Waals surface area contributed by atoms with Gasteiger partial charge in [0.15, 0.2) is 0 Å². The van der Waals surface area contributed by atoms with Crippen molar-refractivity contribution in [3.8, 4) is 0 Å². The third-order valence-corrected chi connectivity index (χ3v) is 6.30. The zero-order chi connectivity index (χ0) is 14.0. The van der Waals surface area contributed by atoms with Crippen LogP contribution < -0.4 is 5.73 Å². The number of sulfonamides is 1. The number of nitrogens with zero attached hydrogens (tertiary/aromatic N) is 1. The lowest BCUT2D eigenvalue weighted by atomic mass is 10.0. The van der Waals surface area contributed by atoms with Crippen LogP contribution in [0.3, 0.4) is 0 Å². The Bertz CT molecular complexity index is 530. The smallest absolute Gasteiger partial charge is 0.243 e. The van der Waals surface area contributed by atoms with E-state index in [1.54, 1.807) is 31.3 Å². The Hall–Kier alpha value is -0.430. The van der Waals surface area contributed by atoms with E-state index >= 15 is 0 Å². The van der Waals surface area contributed by atoms with E-state index in [4.69, 9.17) is 5.73 Å².